The third-order valence-electron chi connectivity index (χ3n) is 2.54. The van der Waals surface area contributed by atoms with Crippen molar-refractivity contribution >= 4 is 50.5 Å². The van der Waals surface area contributed by atoms with Crippen molar-refractivity contribution in [3.8, 4) is 5.75 Å². The maximum atomic E-state index is 13.4. The number of aliphatic hydroxyl groups excluding tert-OH is 1. The first kappa shape index (κ1) is 15.1. The van der Waals surface area contributed by atoms with E-state index in [-0.39, 0.29) is 10.2 Å². The van der Waals surface area contributed by atoms with Gasteiger partial charge in [0.25, 0.3) is 0 Å². The van der Waals surface area contributed by atoms with Crippen LogP contribution in [0.3, 0.4) is 0 Å². The molecule has 102 valence electrons. The highest BCUT2D eigenvalue weighted by atomic mass is 79.9. The highest BCUT2D eigenvalue weighted by Crippen LogP contribution is 2.40. The Balaban J connectivity index is 2.52. The molecule has 0 spiro atoms. The summed E-state index contributed by atoms with van der Waals surface area (Å²) in [4.78, 5) is 0. The first-order valence-electron chi connectivity index (χ1n) is 5.09. The van der Waals surface area contributed by atoms with Crippen molar-refractivity contribution in [2.45, 2.75) is 6.10 Å². The van der Waals surface area contributed by atoms with Crippen molar-refractivity contribution < 1.29 is 14.2 Å². The molecule has 2 nitrogen and oxygen atoms in total. The summed E-state index contributed by atoms with van der Waals surface area (Å²) in [6.45, 7) is 0. The van der Waals surface area contributed by atoms with Crippen LogP contribution in [0.1, 0.15) is 17.2 Å². The fourth-order valence-corrected chi connectivity index (χ4v) is 3.52. The molecule has 1 atom stereocenters. The second kappa shape index (κ2) is 5.97. The lowest BCUT2D eigenvalue weighted by Crippen LogP contribution is -2.03. The summed E-state index contributed by atoms with van der Waals surface area (Å²) >= 11 is 16.1. The number of hydrogen-bond donors (Lipinski definition) is 1. The van der Waals surface area contributed by atoms with Crippen LogP contribution in [0.5, 0.6) is 5.75 Å². The highest BCUT2D eigenvalue weighted by molar-refractivity contribution is 9.10. The van der Waals surface area contributed by atoms with Crippen molar-refractivity contribution in [3.05, 3.63) is 48.3 Å². The Hall–Kier alpha value is -0.330. The van der Waals surface area contributed by atoms with Gasteiger partial charge in [-0.15, -0.1) is 11.3 Å². The van der Waals surface area contributed by atoms with Gasteiger partial charge in [-0.2, -0.15) is 0 Å². The standard InChI is InChI=1S/C12H8BrCl2FO2S/c1-18-9-4-8(16)7(13)2-5(9)11(17)6-3-10(14)19-12(6)15/h2-4,11,17H,1H3. The van der Waals surface area contributed by atoms with Crippen molar-refractivity contribution in [3.63, 3.8) is 0 Å². The minimum atomic E-state index is -1.04. The first-order valence-corrected chi connectivity index (χ1v) is 7.46. The van der Waals surface area contributed by atoms with Gasteiger partial charge in [-0.3, -0.25) is 0 Å². The monoisotopic (exact) mass is 384 g/mol. The van der Waals surface area contributed by atoms with Crippen LogP contribution in [0.4, 0.5) is 4.39 Å². The minimum Gasteiger partial charge on any atom is -0.496 e. The van der Waals surface area contributed by atoms with Crippen LogP contribution < -0.4 is 4.74 Å². The van der Waals surface area contributed by atoms with Crippen molar-refractivity contribution in [2.75, 3.05) is 7.11 Å². The molecule has 2 rings (SSSR count). The quantitative estimate of drug-likeness (QED) is 0.801. The number of halogens is 4. The molecule has 0 aliphatic heterocycles. The number of benzene rings is 1. The van der Waals surface area contributed by atoms with E-state index in [9.17, 15) is 9.50 Å². The average Bonchev–Trinajstić information content (AvgIpc) is 2.70. The van der Waals surface area contributed by atoms with Gasteiger partial charge in [0.2, 0.25) is 0 Å². The summed E-state index contributed by atoms with van der Waals surface area (Å²) in [7, 11) is 1.40. The Bertz CT molecular complexity index is 618. The van der Waals surface area contributed by atoms with Gasteiger partial charge in [-0.25, -0.2) is 4.39 Å². The van der Waals surface area contributed by atoms with Gasteiger partial charge < -0.3 is 9.84 Å². The van der Waals surface area contributed by atoms with Gasteiger partial charge in [-0.05, 0) is 28.1 Å². The molecular weight excluding hydrogens is 378 g/mol. The number of ether oxygens (including phenoxy) is 1. The maximum absolute atomic E-state index is 13.4. The Morgan fingerprint density at radius 3 is 2.53 bits per heavy atom. The molecule has 1 unspecified atom stereocenters. The highest BCUT2D eigenvalue weighted by Gasteiger charge is 2.22. The number of hydrogen-bond acceptors (Lipinski definition) is 3. The summed E-state index contributed by atoms with van der Waals surface area (Å²) < 4.78 is 19.6. The van der Waals surface area contributed by atoms with E-state index >= 15 is 0 Å². The number of rotatable bonds is 3. The van der Waals surface area contributed by atoms with Crippen molar-refractivity contribution in [1.29, 1.82) is 0 Å². The van der Waals surface area contributed by atoms with E-state index in [0.717, 1.165) is 11.3 Å². The zero-order valence-electron chi connectivity index (χ0n) is 9.58. The molecule has 0 fully saturated rings. The fourth-order valence-electron chi connectivity index (χ4n) is 1.64. The van der Waals surface area contributed by atoms with Crippen LogP contribution in [0.2, 0.25) is 8.67 Å². The van der Waals surface area contributed by atoms with E-state index in [4.69, 9.17) is 27.9 Å². The first-order chi connectivity index (χ1) is 8.93. The van der Waals surface area contributed by atoms with Gasteiger partial charge in [0.1, 0.15) is 22.0 Å². The van der Waals surface area contributed by atoms with Gasteiger partial charge in [0.05, 0.1) is 15.9 Å². The Kier molecular flexibility index (Phi) is 4.74. The SMILES string of the molecule is COc1cc(F)c(Br)cc1C(O)c1cc(Cl)sc1Cl. The summed E-state index contributed by atoms with van der Waals surface area (Å²) in [6, 6.07) is 4.24. The molecule has 0 saturated heterocycles. The van der Waals surface area contributed by atoms with E-state index in [1.807, 2.05) is 0 Å². The molecule has 0 amide bonds. The van der Waals surface area contributed by atoms with E-state index in [1.54, 1.807) is 6.07 Å². The molecule has 0 bridgehead atoms. The summed E-state index contributed by atoms with van der Waals surface area (Å²) in [5.74, 6) is -0.228. The zero-order chi connectivity index (χ0) is 14.2. The third kappa shape index (κ3) is 3.06. The van der Waals surface area contributed by atoms with E-state index in [1.165, 1.54) is 19.2 Å². The van der Waals surface area contributed by atoms with Crippen molar-refractivity contribution in [2.24, 2.45) is 0 Å². The Morgan fingerprint density at radius 2 is 2.00 bits per heavy atom. The minimum absolute atomic E-state index is 0.236. The molecule has 1 N–H and O–H groups in total. The molecule has 0 aliphatic rings. The normalized spacial score (nSPS) is 12.5. The lowest BCUT2D eigenvalue weighted by Gasteiger charge is -2.15. The van der Waals surface area contributed by atoms with Crippen LogP contribution in [-0.4, -0.2) is 12.2 Å². The largest absolute Gasteiger partial charge is 0.496 e. The lowest BCUT2D eigenvalue weighted by molar-refractivity contribution is 0.215. The van der Waals surface area contributed by atoms with E-state index in [0.29, 0.717) is 19.8 Å². The molecule has 1 aromatic carbocycles. The molecule has 2 aromatic rings. The van der Waals surface area contributed by atoms with Crippen LogP contribution in [-0.2, 0) is 0 Å². The van der Waals surface area contributed by atoms with Crippen LogP contribution in [0, 0.1) is 5.82 Å². The third-order valence-corrected chi connectivity index (χ3v) is 4.67. The molecule has 0 radical (unpaired) electrons. The Morgan fingerprint density at radius 1 is 1.32 bits per heavy atom. The van der Waals surface area contributed by atoms with Gasteiger partial charge in [0, 0.05) is 17.2 Å². The Labute approximate surface area is 131 Å². The maximum Gasteiger partial charge on any atom is 0.141 e. The molecule has 1 aromatic heterocycles. The predicted molar refractivity (Wildman–Crippen MR) is 79.1 cm³/mol. The molecule has 19 heavy (non-hydrogen) atoms. The molecule has 1 heterocycles. The fraction of sp³-hybridized carbons (Fsp3) is 0.167. The topological polar surface area (TPSA) is 29.5 Å². The smallest absolute Gasteiger partial charge is 0.141 e. The van der Waals surface area contributed by atoms with E-state index < -0.39 is 11.9 Å². The molecular formula is C12H8BrCl2FO2S. The summed E-state index contributed by atoms with van der Waals surface area (Å²) in [5.41, 5.74) is 0.876. The van der Waals surface area contributed by atoms with Gasteiger partial charge in [-0.1, -0.05) is 23.2 Å². The second-order valence-corrected chi connectivity index (χ2v) is 6.83. The average molecular weight is 386 g/mol. The molecule has 7 heteroatoms. The predicted octanol–water partition coefficient (Wildman–Crippen LogP) is 5.05. The van der Waals surface area contributed by atoms with Crippen LogP contribution in [0.25, 0.3) is 0 Å². The van der Waals surface area contributed by atoms with E-state index in [2.05, 4.69) is 15.9 Å². The second-order valence-electron chi connectivity index (χ2n) is 3.69. The summed E-state index contributed by atoms with van der Waals surface area (Å²) in [6.07, 6.45) is -1.04. The summed E-state index contributed by atoms with van der Waals surface area (Å²) in [5, 5.41) is 10.4. The van der Waals surface area contributed by atoms with Crippen LogP contribution >= 0.6 is 50.5 Å². The number of methoxy groups -OCH3 is 1. The molecule has 0 aliphatic carbocycles. The number of thiophene rings is 1. The van der Waals surface area contributed by atoms with Gasteiger partial charge in [0.15, 0.2) is 0 Å². The van der Waals surface area contributed by atoms with Crippen molar-refractivity contribution in [1.82, 2.24) is 0 Å². The number of aliphatic hydroxyl groups is 1. The lowest BCUT2D eigenvalue weighted by atomic mass is 10.0. The van der Waals surface area contributed by atoms with Gasteiger partial charge >= 0.3 is 0 Å². The van der Waals surface area contributed by atoms with Crippen LogP contribution in [0.15, 0.2) is 22.7 Å². The molecule has 0 saturated carbocycles. The zero-order valence-corrected chi connectivity index (χ0v) is 13.5.